The Kier molecular flexibility index (Phi) is 6.41. The number of carbonyl (C=O) groups excluding carboxylic acids is 1. The van der Waals surface area contributed by atoms with Crippen molar-refractivity contribution in [3.05, 3.63) is 45.1 Å². The largest absolute Gasteiger partial charge is 0.372 e. The molecule has 0 unspecified atom stereocenters. The summed E-state index contributed by atoms with van der Waals surface area (Å²) in [7, 11) is -3.75. The van der Waals surface area contributed by atoms with E-state index < -0.39 is 10.0 Å². The SMILES string of the molecule is Cc1c(Cl)cccc1S(=O)(=O)Nc1cscc1CCN1CCCOCC1=O. The lowest BCUT2D eigenvalue weighted by atomic mass is 10.2. The summed E-state index contributed by atoms with van der Waals surface area (Å²) in [4.78, 5) is 13.9. The number of amides is 1. The predicted octanol–water partition coefficient (Wildman–Crippen LogP) is 3.30. The van der Waals surface area contributed by atoms with Gasteiger partial charge >= 0.3 is 0 Å². The lowest BCUT2D eigenvalue weighted by Crippen LogP contribution is -2.34. The van der Waals surface area contributed by atoms with E-state index >= 15 is 0 Å². The van der Waals surface area contributed by atoms with E-state index in [2.05, 4.69) is 4.72 Å². The number of carbonyl (C=O) groups is 1. The predicted molar refractivity (Wildman–Crippen MR) is 107 cm³/mol. The monoisotopic (exact) mass is 428 g/mol. The number of thiophene rings is 1. The van der Waals surface area contributed by atoms with Gasteiger partial charge in [-0.15, -0.1) is 11.3 Å². The highest BCUT2D eigenvalue weighted by molar-refractivity contribution is 7.92. The summed E-state index contributed by atoms with van der Waals surface area (Å²) in [6.07, 6.45) is 1.38. The number of benzene rings is 1. The molecule has 0 radical (unpaired) electrons. The van der Waals surface area contributed by atoms with Crippen LogP contribution < -0.4 is 4.72 Å². The molecule has 6 nitrogen and oxygen atoms in total. The van der Waals surface area contributed by atoms with Crippen LogP contribution in [0.1, 0.15) is 17.5 Å². The molecule has 9 heteroatoms. The third kappa shape index (κ3) is 4.82. The number of halogens is 1. The molecule has 1 aliphatic rings. The molecule has 1 saturated heterocycles. The normalized spacial score (nSPS) is 15.6. The molecule has 146 valence electrons. The van der Waals surface area contributed by atoms with Crippen molar-refractivity contribution in [2.45, 2.75) is 24.7 Å². The van der Waals surface area contributed by atoms with E-state index in [0.717, 1.165) is 12.0 Å². The fourth-order valence-electron chi connectivity index (χ4n) is 2.91. The van der Waals surface area contributed by atoms with Gasteiger partial charge in [0.2, 0.25) is 5.91 Å². The summed E-state index contributed by atoms with van der Waals surface area (Å²) in [5.41, 5.74) is 1.91. The van der Waals surface area contributed by atoms with Crippen LogP contribution >= 0.6 is 22.9 Å². The Hall–Kier alpha value is -1.61. The van der Waals surface area contributed by atoms with Crippen molar-refractivity contribution >= 4 is 44.6 Å². The molecule has 3 rings (SSSR count). The van der Waals surface area contributed by atoms with E-state index in [-0.39, 0.29) is 17.4 Å². The maximum atomic E-state index is 12.8. The third-order valence-corrected chi connectivity index (χ3v) is 7.15. The minimum atomic E-state index is -3.75. The van der Waals surface area contributed by atoms with Crippen molar-refractivity contribution < 1.29 is 17.9 Å². The standard InChI is InChI=1S/C18H21ClN2O4S2/c1-13-15(19)4-2-5-17(13)27(23,24)20-16-12-26-11-14(16)6-8-21-7-3-9-25-10-18(21)22/h2,4-5,11-12,20H,3,6-10H2,1H3. The van der Waals surface area contributed by atoms with Gasteiger partial charge in [0.15, 0.2) is 0 Å². The zero-order valence-electron chi connectivity index (χ0n) is 14.9. The van der Waals surface area contributed by atoms with Crippen molar-refractivity contribution in [1.82, 2.24) is 4.90 Å². The van der Waals surface area contributed by atoms with E-state index in [1.54, 1.807) is 29.3 Å². The van der Waals surface area contributed by atoms with Crippen LogP contribution in [0, 0.1) is 6.92 Å². The quantitative estimate of drug-likeness (QED) is 0.765. The molecular formula is C18H21ClN2O4S2. The van der Waals surface area contributed by atoms with Gasteiger partial charge in [0, 0.05) is 30.1 Å². The number of ether oxygens (including phenoxy) is 1. The number of anilines is 1. The number of nitrogens with one attached hydrogen (secondary N) is 1. The Morgan fingerprint density at radius 2 is 2.15 bits per heavy atom. The summed E-state index contributed by atoms with van der Waals surface area (Å²) in [6, 6.07) is 4.81. The number of hydrogen-bond donors (Lipinski definition) is 1. The summed E-state index contributed by atoms with van der Waals surface area (Å²) in [6.45, 7) is 3.57. The van der Waals surface area contributed by atoms with E-state index in [0.29, 0.717) is 42.4 Å². The van der Waals surface area contributed by atoms with Crippen molar-refractivity contribution in [2.24, 2.45) is 0 Å². The summed E-state index contributed by atoms with van der Waals surface area (Å²) >= 11 is 7.48. The maximum absolute atomic E-state index is 12.8. The molecule has 1 aliphatic heterocycles. The van der Waals surface area contributed by atoms with Gasteiger partial charge in [0.1, 0.15) is 6.61 Å². The smallest absolute Gasteiger partial charge is 0.262 e. The molecule has 0 bridgehead atoms. The first kappa shape index (κ1) is 20.1. The van der Waals surface area contributed by atoms with Crippen LogP contribution in [0.25, 0.3) is 0 Å². The van der Waals surface area contributed by atoms with Crippen molar-refractivity contribution in [2.75, 3.05) is 31.0 Å². The van der Waals surface area contributed by atoms with Crippen LogP contribution in [0.5, 0.6) is 0 Å². The highest BCUT2D eigenvalue weighted by Crippen LogP contribution is 2.28. The minimum absolute atomic E-state index is 0.0283. The van der Waals surface area contributed by atoms with Crippen molar-refractivity contribution in [3.63, 3.8) is 0 Å². The molecule has 2 heterocycles. The highest BCUT2D eigenvalue weighted by Gasteiger charge is 2.21. The van der Waals surface area contributed by atoms with Gasteiger partial charge in [-0.3, -0.25) is 9.52 Å². The van der Waals surface area contributed by atoms with Crippen LogP contribution in [0.2, 0.25) is 5.02 Å². The Labute approximate surface area is 168 Å². The molecule has 0 spiro atoms. The first-order valence-corrected chi connectivity index (χ1v) is 11.4. The average molecular weight is 429 g/mol. The molecule has 0 atom stereocenters. The van der Waals surface area contributed by atoms with Gasteiger partial charge in [-0.1, -0.05) is 17.7 Å². The number of nitrogens with zero attached hydrogens (tertiary/aromatic N) is 1. The average Bonchev–Trinajstić information content (AvgIpc) is 2.94. The van der Waals surface area contributed by atoms with Gasteiger partial charge in [0.25, 0.3) is 10.0 Å². The third-order valence-electron chi connectivity index (χ3n) is 4.44. The first-order valence-electron chi connectivity index (χ1n) is 8.57. The topological polar surface area (TPSA) is 75.7 Å². The molecule has 27 heavy (non-hydrogen) atoms. The minimum Gasteiger partial charge on any atom is -0.372 e. The fraction of sp³-hybridized carbons (Fsp3) is 0.389. The van der Waals surface area contributed by atoms with Gasteiger partial charge in [0.05, 0.1) is 10.6 Å². The lowest BCUT2D eigenvalue weighted by molar-refractivity contribution is -0.133. The summed E-state index contributed by atoms with van der Waals surface area (Å²) < 4.78 is 33.5. The van der Waals surface area contributed by atoms with Gasteiger partial charge < -0.3 is 9.64 Å². The Morgan fingerprint density at radius 3 is 2.96 bits per heavy atom. The molecule has 0 saturated carbocycles. The van der Waals surface area contributed by atoms with E-state index in [1.165, 1.54) is 17.4 Å². The zero-order valence-corrected chi connectivity index (χ0v) is 17.3. The second-order valence-electron chi connectivity index (χ2n) is 6.32. The second-order valence-corrected chi connectivity index (χ2v) is 9.12. The molecule has 1 aromatic heterocycles. The lowest BCUT2D eigenvalue weighted by Gasteiger charge is -2.20. The fourth-order valence-corrected chi connectivity index (χ4v) is 5.40. The number of rotatable bonds is 6. The Bertz CT molecular complexity index is 927. The van der Waals surface area contributed by atoms with Crippen LogP contribution in [-0.2, 0) is 26.0 Å². The maximum Gasteiger partial charge on any atom is 0.262 e. The highest BCUT2D eigenvalue weighted by atomic mass is 35.5. The van der Waals surface area contributed by atoms with Crippen LogP contribution in [0.15, 0.2) is 33.9 Å². The van der Waals surface area contributed by atoms with E-state index in [1.807, 2.05) is 5.38 Å². The Morgan fingerprint density at radius 1 is 1.33 bits per heavy atom. The zero-order chi connectivity index (χ0) is 19.4. The van der Waals surface area contributed by atoms with Gasteiger partial charge in [-0.2, -0.15) is 0 Å². The Balaban J connectivity index is 1.73. The molecule has 0 aliphatic carbocycles. The molecule has 1 N–H and O–H groups in total. The van der Waals surface area contributed by atoms with Crippen LogP contribution in [0.3, 0.4) is 0 Å². The van der Waals surface area contributed by atoms with Gasteiger partial charge in [-0.05, 0) is 48.4 Å². The molecule has 2 aromatic rings. The van der Waals surface area contributed by atoms with Crippen molar-refractivity contribution in [3.8, 4) is 0 Å². The summed E-state index contributed by atoms with van der Waals surface area (Å²) in [5, 5.41) is 4.08. The molecule has 1 fully saturated rings. The molecule has 1 amide bonds. The molecular weight excluding hydrogens is 408 g/mol. The first-order chi connectivity index (χ1) is 12.9. The van der Waals surface area contributed by atoms with Gasteiger partial charge in [-0.25, -0.2) is 8.42 Å². The number of hydrogen-bond acceptors (Lipinski definition) is 5. The van der Waals surface area contributed by atoms with Crippen LogP contribution in [-0.4, -0.2) is 45.5 Å². The second kappa shape index (κ2) is 8.60. The van der Waals surface area contributed by atoms with Crippen molar-refractivity contribution in [1.29, 1.82) is 0 Å². The summed E-state index contributed by atoms with van der Waals surface area (Å²) in [5.74, 6) is -0.0283. The van der Waals surface area contributed by atoms with Crippen LogP contribution in [0.4, 0.5) is 5.69 Å². The van der Waals surface area contributed by atoms with E-state index in [4.69, 9.17) is 16.3 Å². The molecule has 1 aromatic carbocycles. The van der Waals surface area contributed by atoms with E-state index in [9.17, 15) is 13.2 Å². The number of sulfonamides is 1.